The normalized spacial score (nSPS) is 19.4. The lowest BCUT2D eigenvalue weighted by molar-refractivity contribution is 0.689. The molecule has 2 rings (SSSR count). The number of nitrogens with one attached hydrogen (secondary N) is 1. The summed E-state index contributed by atoms with van der Waals surface area (Å²) < 4.78 is 0. The summed E-state index contributed by atoms with van der Waals surface area (Å²) in [7, 11) is -1.30. The van der Waals surface area contributed by atoms with Gasteiger partial charge in [0, 0.05) is 0 Å². The number of rotatable bonds is 3. The topological polar surface area (TPSA) is 12.0 Å². The van der Waals surface area contributed by atoms with Crippen molar-refractivity contribution in [2.45, 2.75) is 46.5 Å². The molecule has 0 bridgehead atoms. The lowest BCUT2D eigenvalue weighted by Gasteiger charge is -2.32. The minimum Gasteiger partial charge on any atom is -0.381 e. The molecule has 0 spiro atoms. The highest BCUT2D eigenvalue weighted by Gasteiger charge is 2.28. The van der Waals surface area contributed by atoms with Gasteiger partial charge in [0.25, 0.3) is 0 Å². The van der Waals surface area contributed by atoms with Crippen LogP contribution in [0.3, 0.4) is 0 Å². The predicted molar refractivity (Wildman–Crippen MR) is 91.4 cm³/mol. The smallest absolute Gasteiger partial charge is 0.0798 e. The van der Waals surface area contributed by atoms with Crippen LogP contribution in [-0.2, 0) is 0 Å². The molecule has 1 unspecified atom stereocenters. The summed E-state index contributed by atoms with van der Waals surface area (Å²) in [4.78, 5) is 0. The minimum atomic E-state index is -1.30. The molecule has 1 atom stereocenters. The van der Waals surface area contributed by atoms with Gasteiger partial charge in [0.2, 0.25) is 0 Å². The van der Waals surface area contributed by atoms with Crippen molar-refractivity contribution in [2.24, 2.45) is 5.92 Å². The van der Waals surface area contributed by atoms with Crippen molar-refractivity contribution in [3.05, 3.63) is 58.4 Å². The van der Waals surface area contributed by atoms with Crippen LogP contribution in [0.1, 0.15) is 31.0 Å². The number of hydrogen-bond donors (Lipinski definition) is 1. The van der Waals surface area contributed by atoms with E-state index in [0.29, 0.717) is 12.0 Å². The van der Waals surface area contributed by atoms with Crippen LogP contribution in [0.25, 0.3) is 0 Å². The summed E-state index contributed by atoms with van der Waals surface area (Å²) in [5.74, 6) is 0.585. The first-order valence-electron chi connectivity index (χ1n) is 7.55. The van der Waals surface area contributed by atoms with Gasteiger partial charge in [0.05, 0.1) is 14.1 Å². The van der Waals surface area contributed by atoms with Gasteiger partial charge in [-0.2, -0.15) is 0 Å². The standard InChI is InChI=1S/C18H27NSi/c1-13(2)16-11-17(15-10-8-7-9-14(15)3)19-12-18(16)20(4,5)6/h7-13,17,19H,1-6H3. The van der Waals surface area contributed by atoms with Gasteiger partial charge in [-0.25, -0.2) is 0 Å². The molecule has 0 radical (unpaired) electrons. The van der Waals surface area contributed by atoms with E-state index >= 15 is 0 Å². The van der Waals surface area contributed by atoms with Crippen molar-refractivity contribution < 1.29 is 0 Å². The molecule has 0 fully saturated rings. The molecule has 1 nitrogen and oxygen atoms in total. The van der Waals surface area contributed by atoms with Crippen LogP contribution >= 0.6 is 0 Å². The Morgan fingerprint density at radius 3 is 2.30 bits per heavy atom. The summed E-state index contributed by atoms with van der Waals surface area (Å²) >= 11 is 0. The third-order valence-corrected chi connectivity index (χ3v) is 6.07. The van der Waals surface area contributed by atoms with Crippen molar-refractivity contribution >= 4 is 8.07 Å². The van der Waals surface area contributed by atoms with E-state index < -0.39 is 8.07 Å². The quantitative estimate of drug-likeness (QED) is 0.772. The van der Waals surface area contributed by atoms with Gasteiger partial charge in [-0.3, -0.25) is 0 Å². The number of aryl methyl sites for hydroxylation is 1. The third-order valence-electron chi connectivity index (χ3n) is 4.02. The Hall–Kier alpha value is -1.28. The molecule has 1 aliphatic rings. The second-order valence-electron chi connectivity index (χ2n) is 7.09. The van der Waals surface area contributed by atoms with Crippen LogP contribution in [0.2, 0.25) is 19.6 Å². The van der Waals surface area contributed by atoms with Gasteiger partial charge in [-0.05, 0) is 40.9 Å². The average Bonchev–Trinajstić information content (AvgIpc) is 2.37. The number of benzene rings is 1. The largest absolute Gasteiger partial charge is 0.381 e. The van der Waals surface area contributed by atoms with Crippen molar-refractivity contribution in [1.29, 1.82) is 0 Å². The van der Waals surface area contributed by atoms with Crippen molar-refractivity contribution in [3.63, 3.8) is 0 Å². The lowest BCUT2D eigenvalue weighted by atomic mass is 9.93. The maximum Gasteiger partial charge on any atom is 0.0798 e. The highest BCUT2D eigenvalue weighted by Crippen LogP contribution is 2.34. The van der Waals surface area contributed by atoms with Crippen LogP contribution in [0.15, 0.2) is 47.3 Å². The van der Waals surface area contributed by atoms with E-state index in [0.717, 1.165) is 0 Å². The SMILES string of the molecule is Cc1ccccc1C1C=C(C(C)C)C([Si](C)(C)C)=CN1. The molecule has 1 aliphatic heterocycles. The van der Waals surface area contributed by atoms with Crippen molar-refractivity contribution in [3.8, 4) is 0 Å². The molecule has 1 heterocycles. The summed E-state index contributed by atoms with van der Waals surface area (Å²) in [6, 6.07) is 8.98. The maximum absolute atomic E-state index is 3.61. The zero-order valence-electron chi connectivity index (χ0n) is 13.6. The monoisotopic (exact) mass is 285 g/mol. The van der Waals surface area contributed by atoms with Crippen molar-refractivity contribution in [1.82, 2.24) is 5.32 Å². The van der Waals surface area contributed by atoms with Gasteiger partial charge in [0.1, 0.15) is 0 Å². The molecule has 2 heteroatoms. The molecule has 1 aromatic carbocycles. The van der Waals surface area contributed by atoms with Crippen LogP contribution < -0.4 is 5.32 Å². The van der Waals surface area contributed by atoms with Crippen LogP contribution in [0, 0.1) is 12.8 Å². The van der Waals surface area contributed by atoms with E-state index in [2.05, 4.69) is 82.3 Å². The van der Waals surface area contributed by atoms with Crippen LogP contribution in [0.5, 0.6) is 0 Å². The average molecular weight is 286 g/mol. The van der Waals surface area contributed by atoms with E-state index in [1.807, 2.05) is 0 Å². The summed E-state index contributed by atoms with van der Waals surface area (Å²) in [5.41, 5.74) is 4.28. The first kappa shape index (κ1) is 15.1. The molecule has 108 valence electrons. The first-order chi connectivity index (χ1) is 9.30. The van der Waals surface area contributed by atoms with Crippen LogP contribution in [0.4, 0.5) is 0 Å². The zero-order chi connectivity index (χ0) is 14.9. The van der Waals surface area contributed by atoms with E-state index in [9.17, 15) is 0 Å². The second kappa shape index (κ2) is 5.61. The Morgan fingerprint density at radius 1 is 1.10 bits per heavy atom. The molecule has 0 saturated carbocycles. The fourth-order valence-electron chi connectivity index (χ4n) is 2.84. The van der Waals surface area contributed by atoms with Crippen molar-refractivity contribution in [2.75, 3.05) is 0 Å². The second-order valence-corrected chi connectivity index (χ2v) is 12.1. The molecule has 0 saturated heterocycles. The van der Waals surface area contributed by atoms with Crippen LogP contribution in [-0.4, -0.2) is 8.07 Å². The van der Waals surface area contributed by atoms with Gasteiger partial charge < -0.3 is 5.32 Å². The molecule has 20 heavy (non-hydrogen) atoms. The lowest BCUT2D eigenvalue weighted by Crippen LogP contribution is -2.32. The molecule has 0 aromatic heterocycles. The third kappa shape index (κ3) is 3.06. The highest BCUT2D eigenvalue weighted by molar-refractivity contribution is 6.84. The van der Waals surface area contributed by atoms with E-state index in [1.165, 1.54) is 16.7 Å². The van der Waals surface area contributed by atoms with Gasteiger partial charge in [0.15, 0.2) is 0 Å². The summed E-state index contributed by atoms with van der Waals surface area (Å²) in [6.07, 6.45) is 4.74. The highest BCUT2D eigenvalue weighted by atomic mass is 28.3. The molecule has 0 amide bonds. The fourth-order valence-corrected chi connectivity index (χ4v) is 4.60. The van der Waals surface area contributed by atoms with Gasteiger partial charge in [-0.1, -0.05) is 63.8 Å². The Bertz CT molecular complexity index is 547. The first-order valence-corrected chi connectivity index (χ1v) is 11.0. The zero-order valence-corrected chi connectivity index (χ0v) is 14.6. The number of allylic oxidation sites excluding steroid dienone is 2. The van der Waals surface area contributed by atoms with Gasteiger partial charge in [-0.15, -0.1) is 0 Å². The predicted octanol–water partition coefficient (Wildman–Crippen LogP) is 4.98. The number of hydrogen-bond acceptors (Lipinski definition) is 1. The summed E-state index contributed by atoms with van der Waals surface area (Å²) in [6.45, 7) is 14.1. The van der Waals surface area contributed by atoms with E-state index in [1.54, 1.807) is 5.20 Å². The summed E-state index contributed by atoms with van der Waals surface area (Å²) in [5, 5.41) is 5.18. The fraction of sp³-hybridized carbons (Fsp3) is 0.444. The number of dihydropyridines is 1. The molecule has 1 N–H and O–H groups in total. The van der Waals surface area contributed by atoms with E-state index in [-0.39, 0.29) is 0 Å². The molecule has 1 aromatic rings. The molecular weight excluding hydrogens is 258 g/mol. The maximum atomic E-state index is 3.61. The Balaban J connectivity index is 2.40. The minimum absolute atomic E-state index is 0.314. The molecule has 0 aliphatic carbocycles. The Morgan fingerprint density at radius 2 is 1.75 bits per heavy atom. The molecular formula is C18H27NSi. The van der Waals surface area contributed by atoms with E-state index in [4.69, 9.17) is 0 Å². The Labute approximate surface area is 124 Å². The van der Waals surface area contributed by atoms with Gasteiger partial charge >= 0.3 is 0 Å². The Kier molecular flexibility index (Phi) is 4.24.